The lowest BCUT2D eigenvalue weighted by molar-refractivity contribution is 0.376. The minimum absolute atomic E-state index is 0.0422. The molecule has 0 aliphatic carbocycles. The van der Waals surface area contributed by atoms with E-state index in [0.29, 0.717) is 18.2 Å². The molecule has 0 amide bonds. The smallest absolute Gasteiger partial charge is 0.200 e. The van der Waals surface area contributed by atoms with E-state index in [9.17, 15) is 0 Å². The van der Waals surface area contributed by atoms with Crippen molar-refractivity contribution in [2.24, 2.45) is 20.0 Å². The van der Waals surface area contributed by atoms with Crippen molar-refractivity contribution in [1.29, 1.82) is 0 Å². The van der Waals surface area contributed by atoms with E-state index >= 15 is 154 Å². The van der Waals surface area contributed by atoms with Crippen LogP contribution in [0.5, 0.6) is 0 Å². The van der Waals surface area contributed by atoms with Crippen molar-refractivity contribution < 1.29 is 154 Å². The van der Waals surface area contributed by atoms with Crippen LogP contribution >= 0.6 is 0 Å². The molecule has 0 spiro atoms. The van der Waals surface area contributed by atoms with E-state index in [4.69, 9.17) is 0 Å². The second-order valence-electron chi connectivity index (χ2n) is 25.5. The molecule has 3 N–H and O–H groups in total. The molecule has 6 aliphatic rings. The lowest BCUT2D eigenvalue weighted by Gasteiger charge is -2.24. The van der Waals surface area contributed by atoms with Crippen LogP contribution in [-0.4, -0.2) is 37.8 Å². The van der Waals surface area contributed by atoms with Crippen LogP contribution in [0.2, 0.25) is 0 Å². The molecule has 7 aromatic carbocycles. The molecule has 16 bridgehead atoms. The second kappa shape index (κ2) is 27.7. The minimum Gasteiger partial charge on any atom is -0.357 e. The summed E-state index contributed by atoms with van der Waals surface area (Å²) in [5, 5.41) is -6.49. The average Bonchev–Trinajstić information content (AvgIpc) is 1.55. The second-order valence-corrected chi connectivity index (χ2v) is 25.5. The Labute approximate surface area is 631 Å². The number of rotatable bonds is 7. The van der Waals surface area contributed by atoms with Crippen molar-refractivity contribution in [3.8, 4) is 0 Å². The summed E-state index contributed by atoms with van der Waals surface area (Å²) in [5.74, 6) is -112. The molecular formula is C77H16F35N7. The molecule has 0 radical (unpaired) electrons. The van der Waals surface area contributed by atoms with Gasteiger partial charge in [-0.1, -0.05) is 0 Å². The van der Waals surface area contributed by atoms with Crippen molar-refractivity contribution >= 4 is 61.9 Å². The van der Waals surface area contributed by atoms with Crippen molar-refractivity contribution in [3.63, 3.8) is 0 Å². The fourth-order valence-electron chi connectivity index (χ4n) is 14.0. The molecule has 0 fully saturated rings. The summed E-state index contributed by atoms with van der Waals surface area (Å²) in [6.07, 6.45) is 1.40. The number of nitrogens with zero attached hydrogens (tertiary/aromatic N) is 4. The van der Waals surface area contributed by atoms with Crippen LogP contribution in [0.15, 0.2) is 121 Å². The molecule has 0 saturated heterocycles. The molecule has 9 heterocycles. The number of hydrogen-bond acceptors (Lipinski definition) is 4. The third kappa shape index (κ3) is 11.2. The van der Waals surface area contributed by atoms with Crippen LogP contribution in [0.1, 0.15) is 56.2 Å². The quantitative estimate of drug-likeness (QED) is 0.0805. The monoisotopic (exact) mass is 1700 g/mol. The van der Waals surface area contributed by atoms with Gasteiger partial charge in [0.1, 0.15) is 0 Å². The highest BCUT2D eigenvalue weighted by Gasteiger charge is 2.48. The number of aliphatic imine (C=N–C) groups is 4. The molecule has 604 valence electrons. The van der Waals surface area contributed by atoms with E-state index in [2.05, 4.69) is 25.0 Å². The van der Waals surface area contributed by atoms with Gasteiger partial charge >= 0.3 is 0 Å². The first-order valence-corrected chi connectivity index (χ1v) is 32.2. The molecule has 6 aliphatic heterocycles. The molecular weight excluding hydrogens is 1690 g/mol. The van der Waals surface area contributed by atoms with Crippen molar-refractivity contribution in [1.82, 2.24) is 15.0 Å². The molecule has 119 heavy (non-hydrogen) atoms. The molecule has 7 nitrogen and oxygen atoms in total. The van der Waals surface area contributed by atoms with Crippen molar-refractivity contribution in [3.05, 3.63) is 377 Å². The van der Waals surface area contributed by atoms with Crippen LogP contribution in [0.25, 0.3) is 39.0 Å². The lowest BCUT2D eigenvalue weighted by Crippen LogP contribution is -2.27. The van der Waals surface area contributed by atoms with Crippen LogP contribution in [-0.2, 0) is 0 Å². The Morgan fingerprint density at radius 2 is 0.420 bits per heavy atom. The summed E-state index contributed by atoms with van der Waals surface area (Å²) in [7, 11) is 0. The maximum Gasteiger partial charge on any atom is 0.200 e. The number of halogens is 35. The van der Waals surface area contributed by atoms with E-state index in [0.717, 1.165) is 0 Å². The van der Waals surface area contributed by atoms with E-state index in [1.54, 1.807) is 0 Å². The van der Waals surface area contributed by atoms with E-state index < -0.39 is 371 Å². The largest absolute Gasteiger partial charge is 0.357 e. The zero-order valence-electron chi connectivity index (χ0n) is 56.0. The number of fused-ring (bicyclic) bond motifs is 9. The molecule has 3 aromatic heterocycles. The summed E-state index contributed by atoms with van der Waals surface area (Å²) >= 11 is 0. The van der Waals surface area contributed by atoms with Gasteiger partial charge in [-0.3, -0.25) is 4.99 Å². The Morgan fingerprint density at radius 1 is 0.193 bits per heavy atom. The van der Waals surface area contributed by atoms with Gasteiger partial charge in [0.2, 0.25) is 40.7 Å². The molecule has 10 aromatic rings. The Hall–Kier alpha value is -13.7. The van der Waals surface area contributed by atoms with Crippen molar-refractivity contribution in [2.75, 3.05) is 0 Å². The highest BCUT2D eigenvalue weighted by molar-refractivity contribution is 6.36. The first-order chi connectivity index (χ1) is 56.2. The summed E-state index contributed by atoms with van der Waals surface area (Å²) in [4.78, 5) is 21.9. The van der Waals surface area contributed by atoms with Crippen LogP contribution in [0, 0.1) is 204 Å². The van der Waals surface area contributed by atoms with Crippen LogP contribution in [0.4, 0.5) is 154 Å². The third-order valence-corrected chi connectivity index (χ3v) is 19.2. The van der Waals surface area contributed by atoms with Gasteiger partial charge in [-0.2, -0.15) is 0 Å². The highest BCUT2D eigenvalue weighted by atomic mass is 19.2. The Balaban J connectivity index is 1.26. The van der Waals surface area contributed by atoms with Crippen LogP contribution in [0.3, 0.4) is 0 Å². The molecule has 42 heteroatoms. The zero-order valence-corrected chi connectivity index (χ0v) is 56.0. The number of aromatic amines is 3. The standard InChI is InChI=1S/C77H16F35N7/c78-41-34(42(79)56(93)69(106)55(41)92)25-13-1-2-15(113-13)27(36-45(82)59(96)71(108)60(97)46(36)83)19-7-11-23(117-19)31(39-51(88)65(102)74(111)66(103)52(39)89)76-30-22-10-6-18(116-22)26(35-43(80)57(94)70(107)58(95)44(35)81)14-3-4-16(114-14)28(37-47(84)61(98)72(109)62(99)48(37)85)20-8-12-24(118-20)32(40-53(90)67(104)75(112)68(105)54(40)91)77(119-76)33(30)29(21-9-5-17(25)115-21)38-49(86)63(100)73(110)64(101)50(38)87/h1-12,30,116-118H/b25-13?,25-17?,26-14+,27-15?,27-19?,28-20+,29-21?,31-23?,32-24-,33-29?,76-31?. The number of benzene rings is 7. The summed E-state index contributed by atoms with van der Waals surface area (Å²) < 4.78 is 576. The normalized spacial score (nSPS) is 17.4. The van der Waals surface area contributed by atoms with Crippen LogP contribution < -0.4 is 21.4 Å². The van der Waals surface area contributed by atoms with E-state index in [-0.39, 0.29) is 54.6 Å². The Kier molecular flexibility index (Phi) is 18.4. The number of aromatic nitrogens is 3. The molecule has 0 saturated carbocycles. The van der Waals surface area contributed by atoms with E-state index in [1.165, 1.54) is 0 Å². The summed E-state index contributed by atoms with van der Waals surface area (Å²) in [6, 6.07) is 1.09. The highest BCUT2D eigenvalue weighted by Crippen LogP contribution is 2.54. The first-order valence-electron chi connectivity index (χ1n) is 32.2. The summed E-state index contributed by atoms with van der Waals surface area (Å²) in [5.41, 5.74) is -50.3. The molecule has 1 atom stereocenters. The van der Waals surface area contributed by atoms with Gasteiger partial charge in [-0.15, -0.1) is 0 Å². The fraction of sp³-hybridized carbons (Fsp3) is 0.0130. The topological polar surface area (TPSA) is 96.8 Å². The first kappa shape index (κ1) is 79.1. The van der Waals surface area contributed by atoms with E-state index in [1.807, 2.05) is 9.97 Å². The maximum absolute atomic E-state index is 18.0. The SMILES string of the molecule is Fc1c(F)c(F)c(C2=C3C=CC(=N3)C(c3c(F)c(F)c(F)c(F)c3F)=c3ccc([nH]3)=C(c3c(F)c(F)c(F)c(F)c3F)C3=NC4=C(C(c5c(F)c(F)c(F)c(F)c5F)=C5C=CC2=N5)C3c2ccc([nH]2)/C(c2c(F)c(F)c(F)c(F)c2F)=C2/C=CC(=N2)/C(c2c(F)c(F)c(F)c(F)c2F)=c2/cc/c([nH]2)=C/4c2c(F)c(F)c(F)c(F)c2F)c(F)c1F. The van der Waals surface area contributed by atoms with Gasteiger partial charge < -0.3 is 15.0 Å². The third-order valence-electron chi connectivity index (χ3n) is 19.2. The average molecular weight is 1700 g/mol. The number of nitrogens with one attached hydrogen (secondary N) is 3. The Bertz CT molecular complexity index is 7010. The van der Waals surface area contributed by atoms with Gasteiger partial charge in [-0.25, -0.2) is 169 Å². The number of allylic oxidation sites excluding steroid dienone is 10. The van der Waals surface area contributed by atoms with Gasteiger partial charge in [0.25, 0.3) is 0 Å². The number of H-pyrrole nitrogens is 3. The van der Waals surface area contributed by atoms with Gasteiger partial charge in [-0.05, 0) is 72.9 Å². The van der Waals surface area contributed by atoms with Crippen molar-refractivity contribution in [2.45, 2.75) is 5.92 Å². The molecule has 1 unspecified atom stereocenters. The minimum atomic E-state index is -3.62. The lowest BCUT2D eigenvalue weighted by atomic mass is 9.78. The number of hydrogen-bond donors (Lipinski definition) is 3. The Morgan fingerprint density at radius 3 is 0.739 bits per heavy atom. The molecule has 16 rings (SSSR count). The van der Waals surface area contributed by atoms with Gasteiger partial charge in [0.15, 0.2) is 163 Å². The predicted octanol–water partition coefficient (Wildman–Crippen LogP) is 18.2. The zero-order chi connectivity index (χ0) is 86.0. The predicted molar refractivity (Wildman–Crippen MR) is 341 cm³/mol. The summed E-state index contributed by atoms with van der Waals surface area (Å²) in [6.45, 7) is 0. The van der Waals surface area contributed by atoms with Gasteiger partial charge in [0.05, 0.1) is 90.5 Å². The fourth-order valence-corrected chi connectivity index (χ4v) is 14.0. The maximum atomic E-state index is 18.0. The van der Waals surface area contributed by atoms with Gasteiger partial charge in [0, 0.05) is 77.4 Å².